The second-order valence-electron chi connectivity index (χ2n) is 4.19. The summed E-state index contributed by atoms with van der Waals surface area (Å²) in [6.45, 7) is 1.91. The minimum absolute atomic E-state index is 0.0173. The Balaban J connectivity index is 2.32. The Morgan fingerprint density at radius 3 is 2.60 bits per heavy atom. The molecule has 0 saturated heterocycles. The molecule has 15 heavy (non-hydrogen) atoms. The number of rotatable bonds is 1. The van der Waals surface area contributed by atoms with Crippen molar-refractivity contribution in [1.82, 2.24) is 9.97 Å². The van der Waals surface area contributed by atoms with Gasteiger partial charge >= 0.3 is 0 Å². The number of aromatic nitrogens is 2. The van der Waals surface area contributed by atoms with E-state index in [9.17, 15) is 4.79 Å². The lowest BCUT2D eigenvalue weighted by molar-refractivity contribution is 0.427. The second-order valence-corrected chi connectivity index (χ2v) is 5.26. The van der Waals surface area contributed by atoms with Crippen LogP contribution in [0.5, 0.6) is 0 Å². The van der Waals surface area contributed by atoms with E-state index in [4.69, 9.17) is 0 Å². The molecule has 0 atom stereocenters. The quantitative estimate of drug-likeness (QED) is 0.809. The first-order chi connectivity index (χ1) is 7.18. The highest BCUT2D eigenvalue weighted by Crippen LogP contribution is 2.30. The van der Waals surface area contributed by atoms with E-state index < -0.39 is 0 Å². The van der Waals surface area contributed by atoms with Crippen molar-refractivity contribution >= 4 is 22.6 Å². The molecule has 1 fully saturated rings. The molecule has 3 nitrogen and oxygen atoms in total. The van der Waals surface area contributed by atoms with Crippen LogP contribution in [0.15, 0.2) is 4.79 Å². The van der Waals surface area contributed by atoms with Crippen LogP contribution in [0, 0.1) is 10.5 Å². The largest absolute Gasteiger partial charge is 0.309 e. The van der Waals surface area contributed by atoms with E-state index in [1.807, 2.05) is 6.92 Å². The van der Waals surface area contributed by atoms with Crippen LogP contribution in [0.3, 0.4) is 0 Å². The first-order valence-electron chi connectivity index (χ1n) is 5.45. The smallest absolute Gasteiger partial charge is 0.264 e. The molecule has 2 rings (SSSR count). The molecule has 0 radical (unpaired) electrons. The van der Waals surface area contributed by atoms with Crippen LogP contribution < -0.4 is 5.56 Å². The van der Waals surface area contributed by atoms with Gasteiger partial charge in [-0.05, 0) is 42.4 Å². The SMILES string of the molecule is Cc1nc(C2CCCCC2)[nH]c(=O)c1I. The minimum atomic E-state index is 0.0173. The Morgan fingerprint density at radius 2 is 2.00 bits per heavy atom. The molecule has 4 heteroatoms. The van der Waals surface area contributed by atoms with E-state index in [-0.39, 0.29) is 5.56 Å². The average Bonchev–Trinajstić information content (AvgIpc) is 2.26. The summed E-state index contributed by atoms with van der Waals surface area (Å²) in [4.78, 5) is 19.0. The third-order valence-electron chi connectivity index (χ3n) is 3.04. The lowest BCUT2D eigenvalue weighted by atomic mass is 9.89. The van der Waals surface area contributed by atoms with Crippen LogP contribution in [0.25, 0.3) is 0 Å². The molecule has 1 heterocycles. The molecule has 1 N–H and O–H groups in total. The number of aryl methyl sites for hydroxylation is 1. The van der Waals surface area contributed by atoms with E-state index >= 15 is 0 Å². The van der Waals surface area contributed by atoms with Gasteiger partial charge in [0.1, 0.15) is 5.82 Å². The minimum Gasteiger partial charge on any atom is -0.309 e. The zero-order chi connectivity index (χ0) is 10.8. The van der Waals surface area contributed by atoms with Crippen molar-refractivity contribution in [2.75, 3.05) is 0 Å². The van der Waals surface area contributed by atoms with Gasteiger partial charge < -0.3 is 4.98 Å². The molecular weight excluding hydrogens is 303 g/mol. The van der Waals surface area contributed by atoms with Gasteiger partial charge in [-0.25, -0.2) is 4.98 Å². The van der Waals surface area contributed by atoms with Gasteiger partial charge in [0.15, 0.2) is 0 Å². The molecular formula is C11H15IN2O. The number of nitrogens with one attached hydrogen (secondary N) is 1. The summed E-state index contributed by atoms with van der Waals surface area (Å²) in [5.74, 6) is 1.37. The Labute approximate surface area is 103 Å². The van der Waals surface area contributed by atoms with Crippen molar-refractivity contribution in [3.8, 4) is 0 Å². The fraction of sp³-hybridized carbons (Fsp3) is 0.636. The van der Waals surface area contributed by atoms with Gasteiger partial charge in [0.2, 0.25) is 0 Å². The summed E-state index contributed by atoms with van der Waals surface area (Å²) in [7, 11) is 0. The van der Waals surface area contributed by atoms with Crippen LogP contribution in [0.1, 0.15) is 49.5 Å². The first kappa shape index (κ1) is 11.1. The predicted molar refractivity (Wildman–Crippen MR) is 68.1 cm³/mol. The van der Waals surface area contributed by atoms with Gasteiger partial charge in [-0.15, -0.1) is 0 Å². The number of halogens is 1. The molecule has 0 amide bonds. The van der Waals surface area contributed by atoms with Crippen LogP contribution in [-0.4, -0.2) is 9.97 Å². The van der Waals surface area contributed by atoms with E-state index in [0.717, 1.165) is 11.5 Å². The van der Waals surface area contributed by atoms with Crippen molar-refractivity contribution in [1.29, 1.82) is 0 Å². The van der Waals surface area contributed by atoms with Gasteiger partial charge in [-0.1, -0.05) is 19.3 Å². The van der Waals surface area contributed by atoms with E-state index in [1.54, 1.807) is 0 Å². The number of H-pyrrole nitrogens is 1. The van der Waals surface area contributed by atoms with Crippen LogP contribution in [0.4, 0.5) is 0 Å². The van der Waals surface area contributed by atoms with Crippen molar-refractivity contribution < 1.29 is 0 Å². The monoisotopic (exact) mass is 318 g/mol. The zero-order valence-corrected chi connectivity index (χ0v) is 11.0. The maximum Gasteiger partial charge on any atom is 0.264 e. The molecule has 1 aromatic heterocycles. The van der Waals surface area contributed by atoms with Crippen molar-refractivity contribution in [2.24, 2.45) is 0 Å². The molecule has 1 aliphatic carbocycles. The molecule has 1 aromatic rings. The Kier molecular flexibility index (Phi) is 3.43. The lowest BCUT2D eigenvalue weighted by Gasteiger charge is -2.20. The molecule has 1 aliphatic rings. The first-order valence-corrected chi connectivity index (χ1v) is 6.52. The van der Waals surface area contributed by atoms with Crippen LogP contribution in [0.2, 0.25) is 0 Å². The maximum absolute atomic E-state index is 11.6. The Bertz CT molecular complexity index is 408. The van der Waals surface area contributed by atoms with E-state index in [0.29, 0.717) is 9.49 Å². The zero-order valence-electron chi connectivity index (χ0n) is 8.85. The maximum atomic E-state index is 11.6. The van der Waals surface area contributed by atoms with E-state index in [2.05, 4.69) is 32.6 Å². The predicted octanol–water partition coefficient (Wildman–Crippen LogP) is 2.73. The molecule has 1 saturated carbocycles. The summed E-state index contributed by atoms with van der Waals surface area (Å²) >= 11 is 2.05. The van der Waals surface area contributed by atoms with Crippen molar-refractivity contribution in [3.05, 3.63) is 25.4 Å². The van der Waals surface area contributed by atoms with Crippen molar-refractivity contribution in [2.45, 2.75) is 44.9 Å². The third-order valence-corrected chi connectivity index (χ3v) is 4.31. The normalized spacial score (nSPS) is 18.0. The summed E-state index contributed by atoms with van der Waals surface area (Å²) < 4.78 is 0.715. The summed E-state index contributed by atoms with van der Waals surface area (Å²) in [6, 6.07) is 0. The fourth-order valence-corrected chi connectivity index (χ4v) is 2.42. The molecule has 0 aliphatic heterocycles. The Hall–Kier alpha value is -0.390. The molecule has 82 valence electrons. The third kappa shape index (κ3) is 2.41. The standard InChI is InChI=1S/C11H15IN2O/c1-7-9(12)11(15)14-10(13-7)8-5-3-2-4-6-8/h8H,2-6H2,1H3,(H,13,14,15). The highest BCUT2D eigenvalue weighted by Gasteiger charge is 2.18. The van der Waals surface area contributed by atoms with Crippen LogP contribution >= 0.6 is 22.6 Å². The van der Waals surface area contributed by atoms with Gasteiger partial charge in [0.05, 0.1) is 9.26 Å². The average molecular weight is 318 g/mol. The molecule has 0 bridgehead atoms. The number of nitrogens with zero attached hydrogens (tertiary/aromatic N) is 1. The van der Waals surface area contributed by atoms with Gasteiger partial charge in [0, 0.05) is 5.92 Å². The number of hydrogen-bond donors (Lipinski definition) is 1. The van der Waals surface area contributed by atoms with E-state index in [1.165, 1.54) is 32.1 Å². The van der Waals surface area contributed by atoms with Gasteiger partial charge in [-0.2, -0.15) is 0 Å². The molecule has 0 unspecified atom stereocenters. The summed E-state index contributed by atoms with van der Waals surface area (Å²) in [5.41, 5.74) is 0.878. The fourth-order valence-electron chi connectivity index (χ4n) is 2.16. The Morgan fingerprint density at radius 1 is 1.33 bits per heavy atom. The highest BCUT2D eigenvalue weighted by molar-refractivity contribution is 14.1. The van der Waals surface area contributed by atoms with Crippen molar-refractivity contribution in [3.63, 3.8) is 0 Å². The van der Waals surface area contributed by atoms with Gasteiger partial charge in [-0.3, -0.25) is 4.79 Å². The summed E-state index contributed by atoms with van der Waals surface area (Å²) in [5, 5.41) is 0. The van der Waals surface area contributed by atoms with Crippen LogP contribution in [-0.2, 0) is 0 Å². The summed E-state index contributed by atoms with van der Waals surface area (Å²) in [6.07, 6.45) is 6.19. The lowest BCUT2D eigenvalue weighted by Crippen LogP contribution is -2.20. The topological polar surface area (TPSA) is 45.8 Å². The second kappa shape index (κ2) is 4.63. The number of aromatic amines is 1. The highest BCUT2D eigenvalue weighted by atomic mass is 127. The molecule has 0 aromatic carbocycles. The van der Waals surface area contributed by atoms with Gasteiger partial charge in [0.25, 0.3) is 5.56 Å². The number of hydrogen-bond acceptors (Lipinski definition) is 2. The molecule has 0 spiro atoms.